The van der Waals surface area contributed by atoms with Crippen LogP contribution in [0.5, 0.6) is 0 Å². The Bertz CT molecular complexity index is 462. The molecule has 0 atom stereocenters. The minimum atomic E-state index is -5.07. The molecule has 0 heterocycles. The van der Waals surface area contributed by atoms with Crippen LogP contribution >= 0.6 is 0 Å². The molecule has 0 spiro atoms. The van der Waals surface area contributed by atoms with Crippen molar-refractivity contribution in [2.45, 2.75) is 12.9 Å². The zero-order valence-electron chi connectivity index (χ0n) is 10.3. The molecule has 8 heteroatoms. The number of carbonyl (C=O) groups excluding carboxylic acids is 1. The van der Waals surface area contributed by atoms with Gasteiger partial charge in [0.15, 0.2) is 0 Å². The fourth-order valence-corrected chi connectivity index (χ4v) is 1.54. The molecule has 0 aliphatic heterocycles. The number of ether oxygens (including phenoxy) is 1. The third kappa shape index (κ3) is 6.74. The number of carboxylic acids is 1. The van der Waals surface area contributed by atoms with Crippen LogP contribution in [0, 0.1) is 0 Å². The van der Waals surface area contributed by atoms with Crippen LogP contribution in [0.25, 0.3) is 0 Å². The largest absolute Gasteiger partial charge is 0.575 e. The minimum absolute atomic E-state index is 0.0279. The SMILES string of the molecule is O=C(O)CN(CC(=O)OC(F)(F)F)Cc1ccccc1. The number of halogens is 3. The van der Waals surface area contributed by atoms with Gasteiger partial charge in [0.1, 0.15) is 0 Å². The maximum absolute atomic E-state index is 11.9. The number of nitrogens with zero attached hydrogens (tertiary/aromatic N) is 1. The molecule has 0 amide bonds. The van der Waals surface area contributed by atoms with Crippen molar-refractivity contribution in [1.82, 2.24) is 4.90 Å². The number of alkyl halides is 3. The van der Waals surface area contributed by atoms with E-state index in [2.05, 4.69) is 4.74 Å². The lowest BCUT2D eigenvalue weighted by molar-refractivity contribution is -0.306. The summed E-state index contributed by atoms with van der Waals surface area (Å²) in [7, 11) is 0. The van der Waals surface area contributed by atoms with Crippen LogP contribution < -0.4 is 0 Å². The molecule has 1 aromatic carbocycles. The van der Waals surface area contributed by atoms with Crippen molar-refractivity contribution in [3.8, 4) is 0 Å². The molecule has 0 radical (unpaired) electrons. The third-order valence-corrected chi connectivity index (χ3v) is 2.19. The molecule has 0 aromatic heterocycles. The lowest BCUT2D eigenvalue weighted by Gasteiger charge is -2.19. The molecular weight excluding hydrogens is 279 g/mol. The number of carboxylic acid groups (broad SMARTS) is 1. The average Bonchev–Trinajstić information content (AvgIpc) is 2.26. The Morgan fingerprint density at radius 3 is 2.25 bits per heavy atom. The smallest absolute Gasteiger partial charge is 0.480 e. The van der Waals surface area contributed by atoms with E-state index in [1.807, 2.05) is 0 Å². The monoisotopic (exact) mass is 291 g/mol. The first-order chi connectivity index (χ1) is 9.26. The van der Waals surface area contributed by atoms with Crippen molar-refractivity contribution >= 4 is 11.9 Å². The van der Waals surface area contributed by atoms with Crippen molar-refractivity contribution < 1.29 is 32.6 Å². The summed E-state index contributed by atoms with van der Waals surface area (Å²) in [6, 6.07) is 8.47. The van der Waals surface area contributed by atoms with Gasteiger partial charge in [-0.3, -0.25) is 14.5 Å². The lowest BCUT2D eigenvalue weighted by Crippen LogP contribution is -2.36. The lowest BCUT2D eigenvalue weighted by atomic mass is 10.2. The van der Waals surface area contributed by atoms with E-state index in [-0.39, 0.29) is 6.54 Å². The molecule has 20 heavy (non-hydrogen) atoms. The van der Waals surface area contributed by atoms with Crippen molar-refractivity contribution in [3.05, 3.63) is 35.9 Å². The summed E-state index contributed by atoms with van der Waals surface area (Å²) in [6.07, 6.45) is -5.07. The fourth-order valence-electron chi connectivity index (χ4n) is 1.54. The Balaban J connectivity index is 2.65. The second-order valence-corrected chi connectivity index (χ2v) is 3.94. The van der Waals surface area contributed by atoms with Crippen LogP contribution in [0.4, 0.5) is 13.2 Å². The Morgan fingerprint density at radius 2 is 1.75 bits per heavy atom. The van der Waals surface area contributed by atoms with Gasteiger partial charge in [-0.1, -0.05) is 30.3 Å². The Kier molecular flexibility index (Phi) is 5.51. The van der Waals surface area contributed by atoms with Gasteiger partial charge < -0.3 is 9.84 Å². The summed E-state index contributed by atoms with van der Waals surface area (Å²) in [5.41, 5.74) is 0.675. The first-order valence-corrected chi connectivity index (χ1v) is 5.53. The van der Waals surface area contributed by atoms with Crippen LogP contribution in [0.15, 0.2) is 30.3 Å². The summed E-state index contributed by atoms with van der Waals surface area (Å²) in [6.45, 7) is -1.30. The summed E-state index contributed by atoms with van der Waals surface area (Å²) >= 11 is 0. The molecule has 1 N–H and O–H groups in total. The van der Waals surface area contributed by atoms with Crippen LogP contribution in [0.1, 0.15) is 5.56 Å². The molecular formula is C12H12F3NO4. The zero-order chi connectivity index (χ0) is 15.2. The number of hydrogen-bond acceptors (Lipinski definition) is 4. The highest BCUT2D eigenvalue weighted by molar-refractivity contribution is 5.74. The van der Waals surface area contributed by atoms with Crippen LogP contribution in [-0.4, -0.2) is 41.4 Å². The predicted octanol–water partition coefficient (Wildman–Crippen LogP) is 1.64. The van der Waals surface area contributed by atoms with Crippen LogP contribution in [0.3, 0.4) is 0 Å². The fraction of sp³-hybridized carbons (Fsp3) is 0.333. The molecule has 1 rings (SSSR count). The Morgan fingerprint density at radius 1 is 1.15 bits per heavy atom. The number of rotatable bonds is 6. The number of esters is 1. The Hall–Kier alpha value is -2.09. The van der Waals surface area contributed by atoms with Gasteiger partial charge in [-0.2, -0.15) is 0 Å². The quantitative estimate of drug-likeness (QED) is 0.807. The molecule has 0 bridgehead atoms. The van der Waals surface area contributed by atoms with E-state index in [1.54, 1.807) is 30.3 Å². The van der Waals surface area contributed by atoms with E-state index in [0.717, 1.165) is 4.90 Å². The maximum atomic E-state index is 11.9. The second-order valence-electron chi connectivity index (χ2n) is 3.94. The van der Waals surface area contributed by atoms with Gasteiger partial charge in [-0.05, 0) is 5.56 Å². The topological polar surface area (TPSA) is 66.8 Å². The predicted molar refractivity (Wildman–Crippen MR) is 61.5 cm³/mol. The van der Waals surface area contributed by atoms with Gasteiger partial charge in [0.05, 0.1) is 13.1 Å². The molecule has 0 saturated carbocycles. The summed E-state index contributed by atoms with van der Waals surface area (Å²) in [5.74, 6) is -2.80. The van der Waals surface area contributed by atoms with E-state index >= 15 is 0 Å². The number of aliphatic carboxylic acids is 1. The molecule has 0 aliphatic rings. The number of hydrogen-bond donors (Lipinski definition) is 1. The van der Waals surface area contributed by atoms with Crippen molar-refractivity contribution in [2.75, 3.05) is 13.1 Å². The van der Waals surface area contributed by atoms with E-state index in [4.69, 9.17) is 5.11 Å². The van der Waals surface area contributed by atoms with Gasteiger partial charge in [0.2, 0.25) is 0 Å². The van der Waals surface area contributed by atoms with Gasteiger partial charge in [-0.15, -0.1) is 13.2 Å². The zero-order valence-corrected chi connectivity index (χ0v) is 10.3. The highest BCUT2D eigenvalue weighted by Crippen LogP contribution is 2.16. The van der Waals surface area contributed by atoms with Crippen molar-refractivity contribution in [1.29, 1.82) is 0 Å². The highest BCUT2D eigenvalue weighted by Gasteiger charge is 2.34. The van der Waals surface area contributed by atoms with Crippen molar-refractivity contribution in [2.24, 2.45) is 0 Å². The molecule has 110 valence electrons. The molecule has 0 saturated heterocycles. The summed E-state index contributed by atoms with van der Waals surface area (Å²) < 4.78 is 38.8. The van der Waals surface area contributed by atoms with Crippen LogP contribution in [0.2, 0.25) is 0 Å². The van der Waals surface area contributed by atoms with E-state index in [9.17, 15) is 22.8 Å². The van der Waals surface area contributed by atoms with Crippen LogP contribution in [-0.2, 0) is 20.9 Å². The summed E-state index contributed by atoms with van der Waals surface area (Å²) in [5, 5.41) is 8.69. The van der Waals surface area contributed by atoms with E-state index in [1.165, 1.54) is 0 Å². The molecule has 0 unspecified atom stereocenters. The Labute approximate surface area is 112 Å². The first-order valence-electron chi connectivity index (χ1n) is 5.53. The number of carbonyl (C=O) groups is 2. The molecule has 5 nitrogen and oxygen atoms in total. The summed E-state index contributed by atoms with van der Waals surface area (Å²) in [4.78, 5) is 22.8. The maximum Gasteiger partial charge on any atom is 0.575 e. The van der Waals surface area contributed by atoms with Gasteiger partial charge >= 0.3 is 18.3 Å². The third-order valence-electron chi connectivity index (χ3n) is 2.19. The van der Waals surface area contributed by atoms with Gasteiger partial charge in [-0.25, -0.2) is 0 Å². The molecule has 0 fully saturated rings. The highest BCUT2D eigenvalue weighted by atomic mass is 19.4. The molecule has 1 aromatic rings. The molecule has 0 aliphatic carbocycles. The first kappa shape index (κ1) is 16.0. The van der Waals surface area contributed by atoms with Crippen molar-refractivity contribution in [3.63, 3.8) is 0 Å². The minimum Gasteiger partial charge on any atom is -0.480 e. The standard InChI is InChI=1S/C12H12F3NO4/c13-12(14,15)20-11(19)8-16(7-10(17)18)6-9-4-2-1-3-5-9/h1-5H,6-8H2,(H,17,18). The van der Waals surface area contributed by atoms with Gasteiger partial charge in [0.25, 0.3) is 0 Å². The number of benzene rings is 1. The van der Waals surface area contributed by atoms with Gasteiger partial charge in [0, 0.05) is 6.54 Å². The second kappa shape index (κ2) is 6.90. The average molecular weight is 291 g/mol. The van der Waals surface area contributed by atoms with E-state index < -0.39 is 31.4 Å². The van der Waals surface area contributed by atoms with E-state index in [0.29, 0.717) is 5.56 Å². The normalized spacial score (nSPS) is 11.4.